The molecule has 2 heterocycles. The minimum absolute atomic E-state index is 0.0780. The van der Waals surface area contributed by atoms with Gasteiger partial charge in [0.05, 0.1) is 12.8 Å². The highest BCUT2D eigenvalue weighted by molar-refractivity contribution is 7.90. The summed E-state index contributed by atoms with van der Waals surface area (Å²) in [5, 5.41) is 7.31. The number of aromatic nitrogens is 2. The molecule has 158 valence electrons. The van der Waals surface area contributed by atoms with Crippen molar-refractivity contribution in [1.29, 1.82) is 0 Å². The summed E-state index contributed by atoms with van der Waals surface area (Å²) in [4.78, 5) is 12.5. The van der Waals surface area contributed by atoms with E-state index in [0.29, 0.717) is 23.9 Å². The highest BCUT2D eigenvalue weighted by atomic mass is 35.5. The number of aryl methyl sites for hydroxylation is 1. The number of nitrogens with one attached hydrogen (secondary N) is 2. The number of carbonyl (C=O) groups excluding carboxylic acids is 1. The molecule has 2 N–H and O–H groups in total. The van der Waals surface area contributed by atoms with Crippen LogP contribution in [0.4, 0.5) is 10.5 Å². The van der Waals surface area contributed by atoms with Gasteiger partial charge in [-0.3, -0.25) is 0 Å². The van der Waals surface area contributed by atoms with E-state index in [1.807, 2.05) is 27.7 Å². The summed E-state index contributed by atoms with van der Waals surface area (Å²) in [6.45, 7) is 8.88. The van der Waals surface area contributed by atoms with E-state index in [2.05, 4.69) is 15.1 Å². The van der Waals surface area contributed by atoms with E-state index in [9.17, 15) is 13.2 Å². The summed E-state index contributed by atoms with van der Waals surface area (Å²) in [5.41, 5.74) is 2.24. The minimum Gasteiger partial charge on any atom is -0.477 e. The van der Waals surface area contributed by atoms with Gasteiger partial charge in [0.15, 0.2) is 4.90 Å². The van der Waals surface area contributed by atoms with Gasteiger partial charge in [-0.2, -0.15) is 5.10 Å². The number of halogens is 1. The number of carbonyl (C=O) groups is 1. The van der Waals surface area contributed by atoms with Crippen molar-refractivity contribution < 1.29 is 17.9 Å². The Morgan fingerprint density at radius 1 is 1.21 bits per heavy atom. The first-order chi connectivity index (χ1) is 13.6. The van der Waals surface area contributed by atoms with Crippen LogP contribution < -0.4 is 14.8 Å². The van der Waals surface area contributed by atoms with Crippen molar-refractivity contribution in [3.8, 4) is 5.88 Å². The maximum absolute atomic E-state index is 12.7. The van der Waals surface area contributed by atoms with Crippen LogP contribution in [0.1, 0.15) is 57.1 Å². The van der Waals surface area contributed by atoms with Crippen molar-refractivity contribution in [1.82, 2.24) is 14.5 Å². The van der Waals surface area contributed by atoms with Gasteiger partial charge in [-0.05, 0) is 35.1 Å². The van der Waals surface area contributed by atoms with Crippen molar-refractivity contribution in [2.75, 3.05) is 11.9 Å². The first-order valence-electron chi connectivity index (χ1n) is 9.46. The van der Waals surface area contributed by atoms with E-state index < -0.39 is 16.1 Å². The predicted molar refractivity (Wildman–Crippen MR) is 111 cm³/mol. The minimum atomic E-state index is -4.15. The first kappa shape index (κ1) is 21.4. The second-order valence-electron chi connectivity index (χ2n) is 7.57. The summed E-state index contributed by atoms with van der Waals surface area (Å²) >= 11 is 6.24. The summed E-state index contributed by atoms with van der Waals surface area (Å²) in [6.07, 6.45) is 1.94. The van der Waals surface area contributed by atoms with Gasteiger partial charge in [0.25, 0.3) is 10.0 Å². The third kappa shape index (κ3) is 4.51. The normalized spacial score (nSPS) is 13.9. The molecule has 8 nitrogen and oxygen atoms in total. The zero-order valence-corrected chi connectivity index (χ0v) is 18.4. The Morgan fingerprint density at radius 3 is 2.41 bits per heavy atom. The second-order valence-corrected chi connectivity index (χ2v) is 9.65. The van der Waals surface area contributed by atoms with E-state index in [1.165, 1.54) is 10.9 Å². The molecule has 0 radical (unpaired) electrons. The van der Waals surface area contributed by atoms with Crippen LogP contribution in [0, 0.1) is 0 Å². The molecule has 1 aliphatic heterocycles. The van der Waals surface area contributed by atoms with E-state index in [0.717, 1.165) is 17.5 Å². The zero-order chi connectivity index (χ0) is 21.3. The fourth-order valence-corrected chi connectivity index (χ4v) is 4.47. The highest BCUT2D eigenvalue weighted by Crippen LogP contribution is 2.35. The monoisotopic (exact) mass is 440 g/mol. The first-order valence-corrected chi connectivity index (χ1v) is 11.3. The molecule has 2 aromatic rings. The number of rotatable bonds is 5. The SMILES string of the molecule is CC(C)c1cc(Cl)cc(C(C)C)c1NC(=O)NS(=O)(=O)c1cnn2c1OCCC2. The van der Waals surface area contributed by atoms with Gasteiger partial charge >= 0.3 is 6.03 Å². The Bertz CT molecular complexity index is 1000. The molecule has 0 saturated carbocycles. The average Bonchev–Trinajstić information content (AvgIpc) is 3.07. The van der Waals surface area contributed by atoms with Gasteiger partial charge < -0.3 is 10.1 Å². The fraction of sp³-hybridized carbons (Fsp3) is 0.474. The van der Waals surface area contributed by atoms with Gasteiger partial charge in [-0.15, -0.1) is 0 Å². The molecular weight excluding hydrogens is 416 g/mol. The molecule has 0 fully saturated rings. The molecule has 1 aromatic heterocycles. The van der Waals surface area contributed by atoms with Crippen LogP contribution in [0.25, 0.3) is 0 Å². The molecule has 0 bridgehead atoms. The molecule has 0 spiro atoms. The Hall–Kier alpha value is -2.26. The van der Waals surface area contributed by atoms with Crippen molar-refractivity contribution >= 4 is 33.3 Å². The van der Waals surface area contributed by atoms with Crippen LogP contribution in [0.3, 0.4) is 0 Å². The Labute approximate surface area is 175 Å². The van der Waals surface area contributed by atoms with E-state index in [-0.39, 0.29) is 22.6 Å². The summed E-state index contributed by atoms with van der Waals surface area (Å²) in [5.74, 6) is 0.303. The number of amides is 2. The number of benzene rings is 1. The molecule has 3 rings (SSSR count). The van der Waals surface area contributed by atoms with Crippen molar-refractivity contribution in [3.63, 3.8) is 0 Å². The third-order valence-corrected chi connectivity index (χ3v) is 6.21. The number of sulfonamides is 1. The number of nitrogens with zero attached hydrogens (tertiary/aromatic N) is 2. The summed E-state index contributed by atoms with van der Waals surface area (Å²) < 4.78 is 34.4. The van der Waals surface area contributed by atoms with Crippen molar-refractivity contribution in [2.24, 2.45) is 0 Å². The smallest absolute Gasteiger partial charge is 0.333 e. The molecule has 1 aliphatic rings. The second kappa shape index (κ2) is 8.23. The number of anilines is 1. The maximum atomic E-state index is 12.7. The molecule has 0 atom stereocenters. The van der Waals surface area contributed by atoms with E-state index in [4.69, 9.17) is 16.3 Å². The quantitative estimate of drug-likeness (QED) is 0.729. The molecule has 0 saturated heterocycles. The van der Waals surface area contributed by atoms with Crippen LogP contribution in [0.2, 0.25) is 5.02 Å². The van der Waals surface area contributed by atoms with Gasteiger partial charge in [-0.25, -0.2) is 22.6 Å². The molecule has 0 aliphatic carbocycles. The maximum Gasteiger partial charge on any atom is 0.333 e. The average molecular weight is 441 g/mol. The summed E-state index contributed by atoms with van der Waals surface area (Å²) in [6, 6.07) is 2.71. The van der Waals surface area contributed by atoms with Crippen molar-refractivity contribution in [3.05, 3.63) is 34.5 Å². The Morgan fingerprint density at radius 2 is 1.83 bits per heavy atom. The van der Waals surface area contributed by atoms with Gasteiger partial charge in [0.2, 0.25) is 5.88 Å². The number of hydrogen-bond acceptors (Lipinski definition) is 5. The Kier molecular flexibility index (Phi) is 6.09. The van der Waals surface area contributed by atoms with Crippen LogP contribution in [-0.2, 0) is 16.6 Å². The molecule has 0 unspecified atom stereocenters. The molecule has 10 heteroatoms. The number of hydrogen-bond donors (Lipinski definition) is 2. The van der Waals surface area contributed by atoms with Crippen LogP contribution in [0.5, 0.6) is 5.88 Å². The lowest BCUT2D eigenvalue weighted by Gasteiger charge is -2.21. The topological polar surface area (TPSA) is 102 Å². The fourth-order valence-electron chi connectivity index (χ4n) is 3.25. The lowest BCUT2D eigenvalue weighted by Crippen LogP contribution is -2.35. The van der Waals surface area contributed by atoms with Crippen LogP contribution >= 0.6 is 11.6 Å². The zero-order valence-electron chi connectivity index (χ0n) is 16.8. The molecule has 2 amide bonds. The third-order valence-electron chi connectivity index (χ3n) is 4.68. The molecule has 1 aromatic carbocycles. The Balaban J connectivity index is 1.88. The van der Waals surface area contributed by atoms with Crippen LogP contribution in [-0.4, -0.2) is 30.8 Å². The largest absolute Gasteiger partial charge is 0.477 e. The van der Waals surface area contributed by atoms with E-state index in [1.54, 1.807) is 12.1 Å². The number of ether oxygens (including phenoxy) is 1. The van der Waals surface area contributed by atoms with E-state index >= 15 is 0 Å². The standard InChI is InChI=1S/C19H25ClN4O4S/c1-11(2)14-8-13(20)9-15(12(3)4)17(14)22-19(25)23-29(26,27)16-10-21-24-6-5-7-28-18(16)24/h8-12H,5-7H2,1-4H3,(H2,22,23,25). The van der Waals surface area contributed by atoms with Gasteiger partial charge in [0.1, 0.15) is 0 Å². The lowest BCUT2D eigenvalue weighted by molar-refractivity contribution is 0.224. The molecule has 29 heavy (non-hydrogen) atoms. The lowest BCUT2D eigenvalue weighted by atomic mass is 9.92. The highest BCUT2D eigenvalue weighted by Gasteiger charge is 2.29. The van der Waals surface area contributed by atoms with Gasteiger partial charge in [-0.1, -0.05) is 39.3 Å². The van der Waals surface area contributed by atoms with Crippen molar-refractivity contribution in [2.45, 2.75) is 57.4 Å². The number of fused-ring (bicyclic) bond motifs is 1. The van der Waals surface area contributed by atoms with Crippen LogP contribution in [0.15, 0.2) is 23.2 Å². The summed E-state index contributed by atoms with van der Waals surface area (Å²) in [7, 11) is -4.15. The predicted octanol–water partition coefficient (Wildman–Crippen LogP) is 4.08. The van der Waals surface area contributed by atoms with Gasteiger partial charge in [0, 0.05) is 23.7 Å². The number of urea groups is 1. The molecular formula is C19H25ClN4O4S.